The first-order valence-electron chi connectivity index (χ1n) is 20.6. The number of carbonyl (C=O) groups is 2. The topological polar surface area (TPSA) is 161 Å². The van der Waals surface area contributed by atoms with Crippen molar-refractivity contribution < 1.29 is 33.6 Å². The molecule has 3 unspecified atom stereocenters. The number of nitrogens with two attached hydrogens (primary N) is 1. The van der Waals surface area contributed by atoms with Crippen LogP contribution in [0.4, 0.5) is 5.82 Å². The highest BCUT2D eigenvalue weighted by molar-refractivity contribution is 5.81. The number of carbonyl (C=O) groups excluding carboxylic acids is 2. The Labute approximate surface area is 327 Å². The van der Waals surface area contributed by atoms with Crippen molar-refractivity contribution >= 4 is 28.9 Å². The molecule has 0 amide bonds. The minimum atomic E-state index is -0.781. The molecular formula is C43H65N5O7. The summed E-state index contributed by atoms with van der Waals surface area (Å²) in [4.78, 5) is 38.7. The van der Waals surface area contributed by atoms with Crippen molar-refractivity contribution in [2.24, 2.45) is 17.8 Å². The van der Waals surface area contributed by atoms with Gasteiger partial charge >= 0.3 is 11.9 Å². The Morgan fingerprint density at radius 2 is 1.62 bits per heavy atom. The third kappa shape index (κ3) is 10.8. The Morgan fingerprint density at radius 1 is 0.945 bits per heavy atom. The van der Waals surface area contributed by atoms with Crippen molar-refractivity contribution in [2.75, 3.05) is 12.3 Å². The van der Waals surface area contributed by atoms with E-state index in [4.69, 9.17) is 24.7 Å². The highest BCUT2D eigenvalue weighted by atomic mass is 16.6. The zero-order valence-corrected chi connectivity index (χ0v) is 34.5. The lowest BCUT2D eigenvalue weighted by Crippen LogP contribution is -2.37. The van der Waals surface area contributed by atoms with Gasteiger partial charge in [0.1, 0.15) is 35.0 Å². The Morgan fingerprint density at radius 3 is 2.31 bits per heavy atom. The predicted molar refractivity (Wildman–Crippen MR) is 213 cm³/mol. The fourth-order valence-corrected chi connectivity index (χ4v) is 8.25. The van der Waals surface area contributed by atoms with Gasteiger partial charge in [-0.3, -0.25) is 14.2 Å². The molecule has 6 atom stereocenters. The first-order valence-corrected chi connectivity index (χ1v) is 20.6. The molecular weight excluding hydrogens is 699 g/mol. The Bertz CT molecular complexity index is 1780. The van der Waals surface area contributed by atoms with Crippen LogP contribution in [0.25, 0.3) is 11.2 Å². The van der Waals surface area contributed by atoms with E-state index in [1.54, 1.807) is 4.57 Å². The maximum absolute atomic E-state index is 13.1. The van der Waals surface area contributed by atoms with E-state index in [2.05, 4.69) is 49.6 Å². The van der Waals surface area contributed by atoms with E-state index in [0.717, 1.165) is 71.4 Å². The standard InChI is InChI=1S/C43H65N5O7/c1-26(2)12-9-13-27(3)14-10-15-28(4)16-11-20-43(8)21-19-33-31(7)38(29(5)30(6)39(33)55-43)54-36(51)18-17-35(50)53-34-22-32(23-49)52-42(34)48-25-47-37-40(44)45-24-46-41(37)48/h24-28,32,34,42,49H,9-23H2,1-8H3,(H2,44,45,46)/t27?,28?,32-,34+,42+,43?/m0/s1. The fourth-order valence-electron chi connectivity index (χ4n) is 8.25. The molecule has 2 aliphatic heterocycles. The number of aromatic nitrogens is 4. The summed E-state index contributed by atoms with van der Waals surface area (Å²) in [6.45, 7) is 17.4. The lowest BCUT2D eigenvalue weighted by molar-refractivity contribution is -0.156. The predicted octanol–water partition coefficient (Wildman–Crippen LogP) is 8.43. The zero-order valence-electron chi connectivity index (χ0n) is 34.5. The second kappa shape index (κ2) is 18.9. The average Bonchev–Trinajstić information content (AvgIpc) is 3.76. The third-order valence-electron chi connectivity index (χ3n) is 11.9. The van der Waals surface area contributed by atoms with Gasteiger partial charge in [-0.2, -0.15) is 0 Å². The largest absolute Gasteiger partial charge is 0.487 e. The van der Waals surface area contributed by atoms with E-state index in [9.17, 15) is 14.7 Å². The van der Waals surface area contributed by atoms with E-state index >= 15 is 0 Å². The van der Waals surface area contributed by atoms with Crippen LogP contribution in [0.15, 0.2) is 12.7 Å². The monoisotopic (exact) mass is 763 g/mol. The van der Waals surface area contributed by atoms with Crippen LogP contribution in [0.5, 0.6) is 11.5 Å². The molecule has 1 saturated heterocycles. The molecule has 12 nitrogen and oxygen atoms in total. The number of ether oxygens (including phenoxy) is 4. The smallest absolute Gasteiger partial charge is 0.311 e. The number of fused-ring (bicyclic) bond motifs is 2. The summed E-state index contributed by atoms with van der Waals surface area (Å²) < 4.78 is 26.1. The summed E-state index contributed by atoms with van der Waals surface area (Å²) in [5.74, 6) is 2.93. The van der Waals surface area contributed by atoms with E-state index in [-0.39, 0.29) is 37.3 Å². The summed E-state index contributed by atoms with van der Waals surface area (Å²) in [5.41, 5.74) is 10.4. The van der Waals surface area contributed by atoms with Gasteiger partial charge in [0.05, 0.1) is 31.9 Å². The number of imidazole rings is 1. The number of nitrogen functional groups attached to an aromatic ring is 1. The maximum Gasteiger partial charge on any atom is 0.311 e. The molecule has 0 aliphatic carbocycles. The zero-order chi connectivity index (χ0) is 39.9. The molecule has 5 rings (SSSR count). The van der Waals surface area contributed by atoms with Crippen LogP contribution in [0.2, 0.25) is 0 Å². The molecule has 304 valence electrons. The normalized spacial score (nSPS) is 22.0. The molecule has 2 aliphatic rings. The first kappa shape index (κ1) is 42.4. The van der Waals surface area contributed by atoms with Gasteiger partial charge in [-0.05, 0) is 87.8 Å². The van der Waals surface area contributed by atoms with E-state index in [0.29, 0.717) is 16.9 Å². The van der Waals surface area contributed by atoms with E-state index in [1.807, 2.05) is 20.8 Å². The van der Waals surface area contributed by atoms with Crippen LogP contribution in [0.1, 0.15) is 147 Å². The molecule has 55 heavy (non-hydrogen) atoms. The summed E-state index contributed by atoms with van der Waals surface area (Å²) in [7, 11) is 0. The molecule has 1 fully saturated rings. The number of anilines is 1. The summed E-state index contributed by atoms with van der Waals surface area (Å²) in [6.07, 6.45) is 13.8. The van der Waals surface area contributed by atoms with Crippen LogP contribution >= 0.6 is 0 Å². The highest BCUT2D eigenvalue weighted by Gasteiger charge is 2.40. The summed E-state index contributed by atoms with van der Waals surface area (Å²) in [6, 6.07) is 0. The second-order valence-electron chi connectivity index (χ2n) is 17.1. The number of aliphatic hydroxyl groups is 1. The Kier molecular flexibility index (Phi) is 14.6. The van der Waals surface area contributed by atoms with Gasteiger partial charge in [0.2, 0.25) is 0 Å². The van der Waals surface area contributed by atoms with Gasteiger partial charge in [-0.25, -0.2) is 15.0 Å². The maximum atomic E-state index is 13.1. The number of benzene rings is 1. The lowest BCUT2D eigenvalue weighted by atomic mass is 9.83. The number of hydrogen-bond donors (Lipinski definition) is 2. The summed E-state index contributed by atoms with van der Waals surface area (Å²) in [5, 5.41) is 9.78. The lowest BCUT2D eigenvalue weighted by Gasteiger charge is -2.38. The van der Waals surface area contributed by atoms with Crippen molar-refractivity contribution in [3.8, 4) is 11.5 Å². The SMILES string of the molecule is Cc1c(C)c2c(c(C)c1OC(=O)CCC(=O)O[C@@H]1C[C@@H](CO)O[C@H]1n1cnc3c(N)ncnc31)CCC(C)(CCCC(C)CCCC(C)CCCC(C)C)O2. The fraction of sp³-hybridized carbons (Fsp3) is 0.698. The van der Waals surface area contributed by atoms with Crippen LogP contribution in [0, 0.1) is 38.5 Å². The van der Waals surface area contributed by atoms with Gasteiger partial charge in [-0.15, -0.1) is 0 Å². The number of esters is 2. The molecule has 0 radical (unpaired) electrons. The van der Waals surface area contributed by atoms with Crippen LogP contribution in [-0.4, -0.2) is 61.0 Å². The third-order valence-corrected chi connectivity index (χ3v) is 11.9. The molecule has 3 N–H and O–H groups in total. The van der Waals surface area contributed by atoms with Gasteiger partial charge in [0.25, 0.3) is 0 Å². The highest BCUT2D eigenvalue weighted by Crippen LogP contribution is 2.45. The van der Waals surface area contributed by atoms with Crippen molar-refractivity contribution in [1.82, 2.24) is 19.5 Å². The van der Waals surface area contributed by atoms with E-state index in [1.165, 1.54) is 57.6 Å². The molecule has 12 heteroatoms. The summed E-state index contributed by atoms with van der Waals surface area (Å²) >= 11 is 0. The van der Waals surface area contributed by atoms with Gasteiger partial charge in [-0.1, -0.05) is 72.6 Å². The average molecular weight is 764 g/mol. The number of rotatable bonds is 19. The number of nitrogens with zero attached hydrogens (tertiary/aromatic N) is 4. The minimum Gasteiger partial charge on any atom is -0.487 e. The molecule has 0 saturated carbocycles. The van der Waals surface area contributed by atoms with Crippen LogP contribution < -0.4 is 15.2 Å². The number of aliphatic hydroxyl groups excluding tert-OH is 1. The Balaban J connectivity index is 1.10. The molecule has 0 spiro atoms. The van der Waals surface area contributed by atoms with Crippen LogP contribution in [0.3, 0.4) is 0 Å². The van der Waals surface area contributed by atoms with Crippen molar-refractivity contribution in [3.63, 3.8) is 0 Å². The quantitative estimate of drug-likeness (QED) is 0.0891. The second-order valence-corrected chi connectivity index (χ2v) is 17.1. The Hall–Kier alpha value is -3.77. The van der Waals surface area contributed by atoms with Gasteiger partial charge in [0.15, 0.2) is 17.7 Å². The van der Waals surface area contributed by atoms with Crippen molar-refractivity contribution in [3.05, 3.63) is 34.9 Å². The molecule has 0 bridgehead atoms. The molecule has 4 heterocycles. The van der Waals surface area contributed by atoms with Gasteiger partial charge < -0.3 is 29.8 Å². The van der Waals surface area contributed by atoms with Crippen molar-refractivity contribution in [2.45, 2.75) is 169 Å². The number of hydrogen-bond acceptors (Lipinski definition) is 11. The first-order chi connectivity index (χ1) is 26.2. The molecule has 1 aromatic carbocycles. The van der Waals surface area contributed by atoms with Gasteiger partial charge in [0, 0.05) is 12.0 Å². The molecule has 3 aromatic rings. The molecule has 2 aromatic heterocycles. The van der Waals surface area contributed by atoms with E-state index < -0.39 is 30.4 Å². The van der Waals surface area contributed by atoms with Crippen LogP contribution in [-0.2, 0) is 25.5 Å². The minimum absolute atomic E-state index is 0.155. The van der Waals surface area contributed by atoms with Crippen molar-refractivity contribution in [1.29, 1.82) is 0 Å².